The molecule has 0 unspecified atom stereocenters. The van der Waals surface area contributed by atoms with Crippen molar-refractivity contribution in [1.29, 1.82) is 0 Å². The molecule has 0 amide bonds. The van der Waals surface area contributed by atoms with Crippen LogP contribution in [0.4, 0.5) is 5.69 Å². The number of nitrogen functional groups attached to an aromatic ring is 1. The van der Waals surface area contributed by atoms with Crippen LogP contribution in [0.1, 0.15) is 11.1 Å². The molecular weight excluding hydrogens is 226 g/mol. The molecule has 86 valence electrons. The molecule has 2 rings (SSSR count). The number of rotatable bonds is 2. The Labute approximate surface area is 107 Å². The van der Waals surface area contributed by atoms with Gasteiger partial charge in [-0.3, -0.25) is 0 Å². The second-order valence-electron chi connectivity index (χ2n) is 3.92. The standard InChI is InChI=1S/C15H15NS/c1-11-12(9-10-17)7-8-14(15(11)16)13-5-3-2-4-6-13/h2-10,17H,16H2,1H3/b10-9-. The Kier molecular flexibility index (Phi) is 3.55. The molecule has 0 spiro atoms. The van der Waals surface area contributed by atoms with Crippen LogP contribution in [-0.4, -0.2) is 0 Å². The summed E-state index contributed by atoms with van der Waals surface area (Å²) in [6, 6.07) is 14.3. The quantitative estimate of drug-likeness (QED) is 0.599. The van der Waals surface area contributed by atoms with Crippen LogP contribution in [0.5, 0.6) is 0 Å². The minimum Gasteiger partial charge on any atom is -0.398 e. The largest absolute Gasteiger partial charge is 0.398 e. The highest BCUT2D eigenvalue weighted by atomic mass is 32.1. The van der Waals surface area contributed by atoms with Crippen molar-refractivity contribution in [3.05, 3.63) is 59.0 Å². The molecular formula is C15H15NS. The van der Waals surface area contributed by atoms with E-state index in [0.29, 0.717) is 0 Å². The van der Waals surface area contributed by atoms with Gasteiger partial charge in [-0.15, -0.1) is 0 Å². The number of thiol groups is 1. The van der Waals surface area contributed by atoms with Crippen molar-refractivity contribution < 1.29 is 0 Å². The predicted octanol–water partition coefficient (Wildman–Crippen LogP) is 4.14. The molecule has 0 radical (unpaired) electrons. The summed E-state index contributed by atoms with van der Waals surface area (Å²) >= 11 is 4.09. The summed E-state index contributed by atoms with van der Waals surface area (Å²) in [7, 11) is 0. The van der Waals surface area contributed by atoms with Gasteiger partial charge in [0, 0.05) is 11.3 Å². The van der Waals surface area contributed by atoms with Crippen molar-refractivity contribution in [3.8, 4) is 11.1 Å². The zero-order valence-electron chi connectivity index (χ0n) is 9.72. The van der Waals surface area contributed by atoms with Crippen LogP contribution < -0.4 is 5.73 Å². The van der Waals surface area contributed by atoms with Crippen LogP contribution in [0.25, 0.3) is 17.2 Å². The molecule has 0 bridgehead atoms. The maximum Gasteiger partial charge on any atom is 0.0429 e. The fourth-order valence-corrected chi connectivity index (χ4v) is 2.04. The molecule has 0 aromatic heterocycles. The SMILES string of the molecule is Cc1c(/C=C\S)ccc(-c2ccccc2)c1N. The van der Waals surface area contributed by atoms with E-state index in [1.807, 2.05) is 31.2 Å². The van der Waals surface area contributed by atoms with Crippen molar-refractivity contribution in [2.75, 3.05) is 5.73 Å². The molecule has 0 atom stereocenters. The first-order chi connectivity index (χ1) is 8.24. The molecule has 2 aromatic carbocycles. The Bertz CT molecular complexity index is 544. The summed E-state index contributed by atoms with van der Waals surface area (Å²) in [5, 5.41) is 1.73. The zero-order chi connectivity index (χ0) is 12.3. The summed E-state index contributed by atoms with van der Waals surface area (Å²) in [5.74, 6) is 0. The van der Waals surface area contributed by atoms with Gasteiger partial charge in [-0.1, -0.05) is 42.5 Å². The molecule has 0 aliphatic carbocycles. The summed E-state index contributed by atoms with van der Waals surface area (Å²) in [5.41, 5.74) is 11.5. The highest BCUT2D eigenvalue weighted by Gasteiger charge is 2.06. The maximum absolute atomic E-state index is 6.19. The van der Waals surface area contributed by atoms with Crippen LogP contribution in [0.3, 0.4) is 0 Å². The summed E-state index contributed by atoms with van der Waals surface area (Å²) in [6.45, 7) is 2.03. The zero-order valence-corrected chi connectivity index (χ0v) is 10.6. The molecule has 17 heavy (non-hydrogen) atoms. The molecule has 0 fully saturated rings. The van der Waals surface area contributed by atoms with Gasteiger partial charge in [-0.25, -0.2) is 0 Å². The van der Waals surface area contributed by atoms with E-state index in [9.17, 15) is 0 Å². The van der Waals surface area contributed by atoms with Crippen LogP contribution in [0.2, 0.25) is 0 Å². The van der Waals surface area contributed by atoms with Crippen molar-refractivity contribution in [3.63, 3.8) is 0 Å². The normalized spacial score (nSPS) is 10.9. The first-order valence-electron chi connectivity index (χ1n) is 5.49. The second kappa shape index (κ2) is 5.11. The minimum atomic E-state index is 0.833. The molecule has 0 saturated heterocycles. The molecule has 0 aliphatic rings. The Morgan fingerprint density at radius 1 is 1.06 bits per heavy atom. The van der Waals surface area contributed by atoms with E-state index in [1.54, 1.807) is 5.41 Å². The first-order valence-corrected chi connectivity index (χ1v) is 6.01. The summed E-state index contributed by atoms with van der Waals surface area (Å²) in [4.78, 5) is 0. The lowest BCUT2D eigenvalue weighted by Crippen LogP contribution is -1.95. The number of nitrogens with two attached hydrogens (primary N) is 1. The van der Waals surface area contributed by atoms with Gasteiger partial charge >= 0.3 is 0 Å². The van der Waals surface area contributed by atoms with Gasteiger partial charge in [0.2, 0.25) is 0 Å². The van der Waals surface area contributed by atoms with E-state index in [0.717, 1.165) is 27.9 Å². The van der Waals surface area contributed by atoms with Gasteiger partial charge < -0.3 is 5.73 Å². The Morgan fingerprint density at radius 2 is 1.76 bits per heavy atom. The van der Waals surface area contributed by atoms with E-state index in [-0.39, 0.29) is 0 Å². The highest BCUT2D eigenvalue weighted by molar-refractivity contribution is 7.83. The number of benzene rings is 2. The van der Waals surface area contributed by atoms with Gasteiger partial charge in [0.25, 0.3) is 0 Å². The van der Waals surface area contributed by atoms with Gasteiger partial charge in [0.05, 0.1) is 0 Å². The van der Waals surface area contributed by atoms with E-state index in [2.05, 4.69) is 36.9 Å². The van der Waals surface area contributed by atoms with E-state index in [1.165, 1.54) is 0 Å². The second-order valence-corrected chi connectivity index (χ2v) is 4.22. The van der Waals surface area contributed by atoms with E-state index >= 15 is 0 Å². The minimum absolute atomic E-state index is 0.833. The van der Waals surface area contributed by atoms with Gasteiger partial charge in [0.1, 0.15) is 0 Å². The van der Waals surface area contributed by atoms with Crippen LogP contribution >= 0.6 is 12.6 Å². The van der Waals surface area contributed by atoms with Gasteiger partial charge in [-0.05, 0) is 35.1 Å². The lowest BCUT2D eigenvalue weighted by atomic mass is 9.97. The highest BCUT2D eigenvalue weighted by Crippen LogP contribution is 2.30. The van der Waals surface area contributed by atoms with E-state index in [4.69, 9.17) is 5.73 Å². The van der Waals surface area contributed by atoms with Crippen molar-refractivity contribution in [2.45, 2.75) is 6.92 Å². The Hall–Kier alpha value is -1.67. The topological polar surface area (TPSA) is 26.0 Å². The number of hydrogen-bond acceptors (Lipinski definition) is 2. The lowest BCUT2D eigenvalue weighted by Gasteiger charge is -2.11. The molecule has 2 N–H and O–H groups in total. The average Bonchev–Trinajstić information content (AvgIpc) is 2.36. The maximum atomic E-state index is 6.19. The lowest BCUT2D eigenvalue weighted by molar-refractivity contribution is 1.44. The Morgan fingerprint density at radius 3 is 2.41 bits per heavy atom. The molecule has 0 heterocycles. The first kappa shape index (κ1) is 11.8. The summed E-state index contributed by atoms with van der Waals surface area (Å²) < 4.78 is 0. The van der Waals surface area contributed by atoms with Crippen LogP contribution in [0.15, 0.2) is 47.9 Å². The van der Waals surface area contributed by atoms with Crippen molar-refractivity contribution >= 4 is 24.4 Å². The van der Waals surface area contributed by atoms with Crippen LogP contribution in [0, 0.1) is 6.92 Å². The fraction of sp³-hybridized carbons (Fsp3) is 0.0667. The molecule has 0 saturated carbocycles. The third kappa shape index (κ3) is 2.37. The molecule has 0 aliphatic heterocycles. The predicted molar refractivity (Wildman–Crippen MR) is 79.0 cm³/mol. The van der Waals surface area contributed by atoms with Crippen LogP contribution in [-0.2, 0) is 0 Å². The average molecular weight is 241 g/mol. The fourth-order valence-electron chi connectivity index (χ4n) is 1.88. The number of hydrogen-bond donors (Lipinski definition) is 2. The van der Waals surface area contributed by atoms with Crippen molar-refractivity contribution in [2.24, 2.45) is 0 Å². The monoisotopic (exact) mass is 241 g/mol. The number of anilines is 1. The van der Waals surface area contributed by atoms with E-state index < -0.39 is 0 Å². The Balaban J connectivity index is 2.55. The smallest absolute Gasteiger partial charge is 0.0429 e. The third-order valence-corrected chi connectivity index (χ3v) is 3.04. The summed E-state index contributed by atoms with van der Waals surface area (Å²) in [6.07, 6.45) is 1.95. The van der Waals surface area contributed by atoms with Crippen molar-refractivity contribution in [1.82, 2.24) is 0 Å². The molecule has 2 heteroatoms. The third-order valence-electron chi connectivity index (χ3n) is 2.90. The van der Waals surface area contributed by atoms with Gasteiger partial charge in [-0.2, -0.15) is 12.6 Å². The molecule has 1 nitrogen and oxygen atoms in total. The molecule has 2 aromatic rings. The van der Waals surface area contributed by atoms with Gasteiger partial charge in [0.15, 0.2) is 0 Å².